The van der Waals surface area contributed by atoms with Crippen LogP contribution in [0, 0.1) is 11.6 Å². The quantitative estimate of drug-likeness (QED) is 0.839. The van der Waals surface area contributed by atoms with E-state index in [4.69, 9.17) is 9.47 Å². The molecule has 4 nitrogen and oxygen atoms in total. The molecular formula is C16H21F2NO3. The maximum absolute atomic E-state index is 13.2. The van der Waals surface area contributed by atoms with Crippen LogP contribution in [0.4, 0.5) is 13.6 Å². The fraction of sp³-hybridized carbons (Fsp3) is 0.438. The van der Waals surface area contributed by atoms with Gasteiger partial charge in [-0.1, -0.05) is 12.2 Å². The third-order valence-electron chi connectivity index (χ3n) is 2.55. The van der Waals surface area contributed by atoms with Crippen LogP contribution in [-0.2, 0) is 4.74 Å². The molecule has 0 saturated heterocycles. The number of rotatable bonds is 5. The zero-order chi connectivity index (χ0) is 16.8. The van der Waals surface area contributed by atoms with Gasteiger partial charge in [0, 0.05) is 18.2 Å². The fourth-order valence-electron chi connectivity index (χ4n) is 1.63. The van der Waals surface area contributed by atoms with Crippen molar-refractivity contribution in [3.63, 3.8) is 0 Å². The van der Waals surface area contributed by atoms with Crippen LogP contribution in [0.25, 0.3) is 6.08 Å². The van der Waals surface area contributed by atoms with Crippen LogP contribution in [0.1, 0.15) is 32.8 Å². The summed E-state index contributed by atoms with van der Waals surface area (Å²) in [4.78, 5) is 11.4. The molecule has 0 spiro atoms. The minimum Gasteiger partial charge on any atom is -0.496 e. The molecule has 0 aliphatic carbocycles. The maximum atomic E-state index is 13.2. The number of halogens is 2. The number of carbonyl (C=O) groups is 1. The molecule has 6 heteroatoms. The number of amides is 1. The average molecular weight is 313 g/mol. The number of methoxy groups -OCH3 is 1. The van der Waals surface area contributed by atoms with Gasteiger partial charge < -0.3 is 14.8 Å². The largest absolute Gasteiger partial charge is 0.496 e. The molecule has 1 aromatic carbocycles. The van der Waals surface area contributed by atoms with E-state index < -0.39 is 23.3 Å². The van der Waals surface area contributed by atoms with Gasteiger partial charge in [0.25, 0.3) is 0 Å². The summed E-state index contributed by atoms with van der Waals surface area (Å²) in [6.45, 7) is 5.71. The first-order valence-electron chi connectivity index (χ1n) is 6.89. The molecule has 0 fully saturated rings. The van der Waals surface area contributed by atoms with E-state index in [-0.39, 0.29) is 5.75 Å². The van der Waals surface area contributed by atoms with Crippen LogP contribution < -0.4 is 10.1 Å². The van der Waals surface area contributed by atoms with E-state index in [1.807, 2.05) is 0 Å². The van der Waals surface area contributed by atoms with Crippen molar-refractivity contribution in [1.82, 2.24) is 5.32 Å². The highest BCUT2D eigenvalue weighted by molar-refractivity contribution is 5.67. The Hall–Kier alpha value is -2.11. The van der Waals surface area contributed by atoms with Crippen LogP contribution in [0.5, 0.6) is 5.75 Å². The number of nitrogens with one attached hydrogen (secondary N) is 1. The molecule has 0 radical (unpaired) electrons. The number of carbonyl (C=O) groups excluding carboxylic acids is 1. The van der Waals surface area contributed by atoms with Crippen LogP contribution >= 0.6 is 0 Å². The van der Waals surface area contributed by atoms with E-state index in [2.05, 4.69) is 5.32 Å². The van der Waals surface area contributed by atoms with E-state index in [0.29, 0.717) is 18.5 Å². The maximum Gasteiger partial charge on any atom is 0.407 e. The van der Waals surface area contributed by atoms with Crippen LogP contribution in [0.3, 0.4) is 0 Å². The zero-order valence-electron chi connectivity index (χ0n) is 13.2. The van der Waals surface area contributed by atoms with Gasteiger partial charge in [0.15, 0.2) is 11.6 Å². The number of alkyl carbamates (subject to hydrolysis) is 1. The molecular weight excluding hydrogens is 292 g/mol. The standard InChI is InChI=1S/C16H21F2NO3/c1-16(2,3)22-15(20)19-8-6-5-7-11-9-12(17)13(18)10-14(11)21-4/h5,7,9-10H,6,8H2,1-4H3,(H,19,20). The fourth-order valence-corrected chi connectivity index (χ4v) is 1.63. The van der Waals surface area contributed by atoms with Crippen molar-refractivity contribution < 1.29 is 23.0 Å². The molecule has 1 N–H and O–H groups in total. The lowest BCUT2D eigenvalue weighted by Gasteiger charge is -2.19. The monoisotopic (exact) mass is 313 g/mol. The minimum atomic E-state index is -0.958. The van der Waals surface area contributed by atoms with Crippen LogP contribution in [-0.4, -0.2) is 25.3 Å². The first-order chi connectivity index (χ1) is 10.2. The Morgan fingerprint density at radius 1 is 1.27 bits per heavy atom. The molecule has 1 rings (SSSR count). The Balaban J connectivity index is 2.50. The lowest BCUT2D eigenvalue weighted by molar-refractivity contribution is 0.0529. The topological polar surface area (TPSA) is 47.6 Å². The number of ether oxygens (including phenoxy) is 2. The lowest BCUT2D eigenvalue weighted by Crippen LogP contribution is -2.32. The third kappa shape index (κ3) is 6.11. The molecule has 0 atom stereocenters. The Morgan fingerprint density at radius 2 is 1.91 bits per heavy atom. The van der Waals surface area contributed by atoms with Crippen molar-refractivity contribution in [2.75, 3.05) is 13.7 Å². The summed E-state index contributed by atoms with van der Waals surface area (Å²) >= 11 is 0. The van der Waals surface area contributed by atoms with Gasteiger partial charge in [-0.05, 0) is 33.3 Å². The van der Waals surface area contributed by atoms with Crippen molar-refractivity contribution in [3.05, 3.63) is 35.4 Å². The van der Waals surface area contributed by atoms with E-state index in [0.717, 1.165) is 12.1 Å². The Labute approximate surface area is 129 Å². The Kier molecular flexibility index (Phi) is 6.34. The summed E-state index contributed by atoms with van der Waals surface area (Å²) < 4.78 is 36.3. The smallest absolute Gasteiger partial charge is 0.407 e. The number of hydrogen-bond acceptors (Lipinski definition) is 3. The second-order valence-corrected chi connectivity index (χ2v) is 5.63. The van der Waals surface area contributed by atoms with Gasteiger partial charge in [0.2, 0.25) is 0 Å². The van der Waals surface area contributed by atoms with Gasteiger partial charge in [0.05, 0.1) is 7.11 Å². The summed E-state index contributed by atoms with van der Waals surface area (Å²) in [5.74, 6) is -1.65. The van der Waals surface area contributed by atoms with Crippen LogP contribution in [0.15, 0.2) is 18.2 Å². The summed E-state index contributed by atoms with van der Waals surface area (Å²) in [7, 11) is 1.38. The molecule has 1 aromatic rings. The van der Waals surface area contributed by atoms with Gasteiger partial charge in [-0.3, -0.25) is 0 Å². The van der Waals surface area contributed by atoms with Crippen molar-refractivity contribution in [2.45, 2.75) is 32.8 Å². The highest BCUT2D eigenvalue weighted by Gasteiger charge is 2.15. The number of benzene rings is 1. The summed E-state index contributed by atoms with van der Waals surface area (Å²) in [6, 6.07) is 2.06. The molecule has 22 heavy (non-hydrogen) atoms. The predicted molar refractivity (Wildman–Crippen MR) is 80.8 cm³/mol. The highest BCUT2D eigenvalue weighted by atomic mass is 19.2. The highest BCUT2D eigenvalue weighted by Crippen LogP contribution is 2.23. The second kappa shape index (κ2) is 7.77. The van der Waals surface area contributed by atoms with E-state index in [1.54, 1.807) is 32.9 Å². The zero-order valence-corrected chi connectivity index (χ0v) is 13.2. The van der Waals surface area contributed by atoms with E-state index in [9.17, 15) is 13.6 Å². The predicted octanol–water partition coefficient (Wildman–Crippen LogP) is 3.90. The Bertz CT molecular complexity index is 551. The third-order valence-corrected chi connectivity index (χ3v) is 2.55. The normalized spacial score (nSPS) is 11.5. The van der Waals surface area contributed by atoms with E-state index >= 15 is 0 Å². The summed E-state index contributed by atoms with van der Waals surface area (Å²) in [6.07, 6.45) is 3.36. The summed E-state index contributed by atoms with van der Waals surface area (Å²) in [5, 5.41) is 2.60. The molecule has 122 valence electrons. The molecule has 0 unspecified atom stereocenters. The van der Waals surface area contributed by atoms with Gasteiger partial charge in [-0.15, -0.1) is 0 Å². The van der Waals surface area contributed by atoms with Gasteiger partial charge in [-0.25, -0.2) is 13.6 Å². The van der Waals surface area contributed by atoms with Crippen molar-refractivity contribution >= 4 is 12.2 Å². The van der Waals surface area contributed by atoms with Gasteiger partial charge >= 0.3 is 6.09 Å². The molecule has 1 amide bonds. The second-order valence-electron chi connectivity index (χ2n) is 5.63. The van der Waals surface area contributed by atoms with E-state index in [1.165, 1.54) is 7.11 Å². The van der Waals surface area contributed by atoms with Crippen molar-refractivity contribution in [1.29, 1.82) is 0 Å². The molecule has 0 heterocycles. The molecule has 0 bridgehead atoms. The van der Waals surface area contributed by atoms with Gasteiger partial charge in [-0.2, -0.15) is 0 Å². The first kappa shape index (κ1) is 17.9. The first-order valence-corrected chi connectivity index (χ1v) is 6.89. The molecule has 0 saturated carbocycles. The molecule has 0 aromatic heterocycles. The van der Waals surface area contributed by atoms with Crippen LogP contribution in [0.2, 0.25) is 0 Å². The number of hydrogen-bond donors (Lipinski definition) is 1. The molecule has 0 aliphatic heterocycles. The SMILES string of the molecule is COc1cc(F)c(F)cc1C=CCCNC(=O)OC(C)(C)C. The lowest BCUT2D eigenvalue weighted by atomic mass is 10.1. The minimum absolute atomic E-state index is 0.246. The van der Waals surface area contributed by atoms with Crippen molar-refractivity contribution in [2.24, 2.45) is 0 Å². The van der Waals surface area contributed by atoms with Gasteiger partial charge in [0.1, 0.15) is 11.4 Å². The Morgan fingerprint density at radius 3 is 2.50 bits per heavy atom. The summed E-state index contributed by atoms with van der Waals surface area (Å²) in [5.41, 5.74) is -0.113. The van der Waals surface area contributed by atoms with Crippen molar-refractivity contribution in [3.8, 4) is 5.75 Å². The molecule has 0 aliphatic rings. The average Bonchev–Trinajstić information content (AvgIpc) is 2.39.